The Morgan fingerprint density at radius 3 is 2.32 bits per heavy atom. The number of aromatic nitrogens is 2. The van der Waals surface area contributed by atoms with Gasteiger partial charge in [0.05, 0.1) is 0 Å². The Morgan fingerprint density at radius 2 is 1.68 bits per heavy atom. The van der Waals surface area contributed by atoms with Gasteiger partial charge in [0.2, 0.25) is 11.9 Å². The number of nitrogens with one attached hydrogen (secondary N) is 1. The van der Waals surface area contributed by atoms with E-state index >= 15 is 0 Å². The van der Waals surface area contributed by atoms with Crippen LogP contribution >= 0.6 is 0 Å². The van der Waals surface area contributed by atoms with Gasteiger partial charge in [-0.2, -0.15) is 0 Å². The first-order valence-electron chi connectivity index (χ1n) is 11.5. The minimum Gasteiger partial charge on any atom is -0.341 e. The first-order chi connectivity index (χ1) is 15.1. The first-order valence-corrected chi connectivity index (χ1v) is 11.5. The van der Waals surface area contributed by atoms with Crippen molar-refractivity contribution in [3.05, 3.63) is 47.8 Å². The smallest absolute Gasteiger partial charge is 0.227 e. The van der Waals surface area contributed by atoms with Crippen LogP contribution in [0.1, 0.15) is 31.0 Å². The number of benzene rings is 1. The number of aryl methyl sites for hydroxylation is 1. The molecule has 0 saturated carbocycles. The lowest BCUT2D eigenvalue weighted by atomic mass is 9.96. The monoisotopic (exact) mass is 422 g/mol. The highest BCUT2D eigenvalue weighted by Gasteiger charge is 2.26. The van der Waals surface area contributed by atoms with Gasteiger partial charge < -0.3 is 15.1 Å². The van der Waals surface area contributed by atoms with E-state index in [4.69, 9.17) is 0 Å². The second kappa shape index (κ2) is 10.2. The summed E-state index contributed by atoms with van der Waals surface area (Å²) in [5.41, 5.74) is 3.15. The van der Waals surface area contributed by atoms with E-state index in [1.165, 1.54) is 5.56 Å². The van der Waals surface area contributed by atoms with Crippen LogP contribution in [0.15, 0.2) is 36.5 Å². The number of anilines is 2. The second-order valence-corrected chi connectivity index (χ2v) is 8.66. The molecule has 0 spiro atoms. The average molecular weight is 423 g/mol. The molecule has 0 bridgehead atoms. The van der Waals surface area contributed by atoms with Gasteiger partial charge in [0.1, 0.15) is 0 Å². The maximum Gasteiger partial charge on any atom is 0.227 e. The van der Waals surface area contributed by atoms with Gasteiger partial charge in [-0.05, 0) is 50.1 Å². The summed E-state index contributed by atoms with van der Waals surface area (Å²) in [5, 5.41) is 3.11. The molecule has 0 radical (unpaired) electrons. The van der Waals surface area contributed by atoms with Gasteiger partial charge in [0.15, 0.2) is 0 Å². The van der Waals surface area contributed by atoms with Crippen molar-refractivity contribution in [3.63, 3.8) is 0 Å². The van der Waals surface area contributed by atoms with Gasteiger partial charge in [0, 0.05) is 69.3 Å². The molecule has 2 aliphatic heterocycles. The normalized spacial score (nSPS) is 18.8. The van der Waals surface area contributed by atoms with Gasteiger partial charge in [0.25, 0.3) is 0 Å². The van der Waals surface area contributed by atoms with E-state index in [1.54, 1.807) is 6.20 Å². The summed E-state index contributed by atoms with van der Waals surface area (Å²) < 4.78 is 0. The molecule has 2 aromatic rings. The molecule has 2 saturated heterocycles. The minimum absolute atomic E-state index is 0.0376. The molecule has 1 aromatic carbocycles. The number of carbonyl (C=O) groups excluding carboxylic acids is 1. The van der Waals surface area contributed by atoms with Crippen LogP contribution in [0, 0.1) is 12.8 Å². The second-order valence-electron chi connectivity index (χ2n) is 8.66. The number of hydrogen-bond donors (Lipinski definition) is 1. The molecular formula is C24H34N6O. The molecular weight excluding hydrogens is 388 g/mol. The quantitative estimate of drug-likeness (QED) is 0.772. The Kier molecular flexibility index (Phi) is 7.14. The topological polar surface area (TPSA) is 64.6 Å². The summed E-state index contributed by atoms with van der Waals surface area (Å²) >= 11 is 0. The molecule has 3 heterocycles. The van der Waals surface area contributed by atoms with Crippen LogP contribution in [-0.2, 0) is 11.3 Å². The van der Waals surface area contributed by atoms with Crippen LogP contribution in [0.5, 0.6) is 0 Å². The van der Waals surface area contributed by atoms with Crippen molar-refractivity contribution < 1.29 is 4.79 Å². The fourth-order valence-corrected chi connectivity index (χ4v) is 4.39. The molecule has 31 heavy (non-hydrogen) atoms. The Hall–Kier alpha value is -2.51. The number of piperazine rings is 1. The summed E-state index contributed by atoms with van der Waals surface area (Å²) in [6.45, 7) is 12.5. The van der Waals surface area contributed by atoms with Crippen LogP contribution in [0.3, 0.4) is 0 Å². The predicted molar refractivity (Wildman–Crippen MR) is 124 cm³/mol. The van der Waals surface area contributed by atoms with Gasteiger partial charge in [-0.25, -0.2) is 9.97 Å². The minimum atomic E-state index is 0.0376. The maximum atomic E-state index is 12.8. The number of hydrogen-bond acceptors (Lipinski definition) is 6. The molecule has 2 fully saturated rings. The standard InChI is InChI=1S/C24H34N6O/c1-3-28-14-16-29(17-15-28)18-20-4-6-22(7-5-20)27-23(31)21-9-12-30(13-10-21)24-25-11-8-19(2)26-24/h4-8,11,21H,3,9-10,12-18H2,1-2H3,(H,27,31). The van der Waals surface area contributed by atoms with Gasteiger partial charge in [-0.1, -0.05) is 19.1 Å². The van der Waals surface area contributed by atoms with E-state index in [9.17, 15) is 4.79 Å². The summed E-state index contributed by atoms with van der Waals surface area (Å²) in [7, 11) is 0. The lowest BCUT2D eigenvalue weighted by Gasteiger charge is -2.34. The third-order valence-corrected chi connectivity index (χ3v) is 6.47. The highest BCUT2D eigenvalue weighted by atomic mass is 16.1. The summed E-state index contributed by atoms with van der Waals surface area (Å²) in [5.74, 6) is 0.925. The Bertz CT molecular complexity index is 855. The molecule has 1 N–H and O–H groups in total. The van der Waals surface area contributed by atoms with Crippen molar-refractivity contribution in [1.82, 2.24) is 19.8 Å². The summed E-state index contributed by atoms with van der Waals surface area (Å²) in [6.07, 6.45) is 3.45. The van der Waals surface area contributed by atoms with E-state index in [1.807, 2.05) is 25.1 Å². The summed E-state index contributed by atoms with van der Waals surface area (Å²) in [6, 6.07) is 10.2. The Morgan fingerprint density at radius 1 is 1.00 bits per heavy atom. The molecule has 1 aromatic heterocycles. The fraction of sp³-hybridized carbons (Fsp3) is 0.542. The van der Waals surface area contributed by atoms with E-state index < -0.39 is 0 Å². The average Bonchev–Trinajstić information content (AvgIpc) is 2.81. The molecule has 1 amide bonds. The van der Waals surface area contributed by atoms with Crippen molar-refractivity contribution in [2.45, 2.75) is 33.2 Å². The van der Waals surface area contributed by atoms with E-state index in [-0.39, 0.29) is 11.8 Å². The van der Waals surface area contributed by atoms with Crippen molar-refractivity contribution in [3.8, 4) is 0 Å². The third-order valence-electron chi connectivity index (χ3n) is 6.47. The van der Waals surface area contributed by atoms with Crippen LogP contribution in [0.25, 0.3) is 0 Å². The first kappa shape index (κ1) is 21.7. The molecule has 4 rings (SSSR count). The van der Waals surface area contributed by atoms with Crippen molar-refractivity contribution in [1.29, 1.82) is 0 Å². The molecule has 0 atom stereocenters. The molecule has 166 valence electrons. The largest absolute Gasteiger partial charge is 0.341 e. The van der Waals surface area contributed by atoms with Gasteiger partial charge in [-0.15, -0.1) is 0 Å². The number of nitrogens with zero attached hydrogens (tertiary/aromatic N) is 5. The SMILES string of the molecule is CCN1CCN(Cc2ccc(NC(=O)C3CCN(c4nccc(C)n4)CC3)cc2)CC1. The van der Waals surface area contributed by atoms with Crippen LogP contribution in [0.2, 0.25) is 0 Å². The van der Waals surface area contributed by atoms with E-state index in [0.29, 0.717) is 0 Å². The van der Waals surface area contributed by atoms with Crippen molar-refractivity contribution >= 4 is 17.5 Å². The fourth-order valence-electron chi connectivity index (χ4n) is 4.39. The van der Waals surface area contributed by atoms with E-state index in [2.05, 4.69) is 49.0 Å². The third kappa shape index (κ3) is 5.80. The maximum absolute atomic E-state index is 12.8. The van der Waals surface area contributed by atoms with Gasteiger partial charge >= 0.3 is 0 Å². The number of piperidine rings is 1. The highest BCUT2D eigenvalue weighted by Crippen LogP contribution is 2.22. The number of amides is 1. The molecule has 2 aliphatic rings. The van der Waals surface area contributed by atoms with Crippen molar-refractivity contribution in [2.75, 3.05) is 56.0 Å². The molecule has 7 heteroatoms. The zero-order chi connectivity index (χ0) is 21.6. The van der Waals surface area contributed by atoms with Crippen LogP contribution in [-0.4, -0.2) is 71.5 Å². The molecule has 7 nitrogen and oxygen atoms in total. The number of likely N-dealkylation sites (N-methyl/N-ethyl adjacent to an activating group) is 1. The van der Waals surface area contributed by atoms with E-state index in [0.717, 1.165) is 82.5 Å². The van der Waals surface area contributed by atoms with Crippen molar-refractivity contribution in [2.24, 2.45) is 5.92 Å². The zero-order valence-corrected chi connectivity index (χ0v) is 18.8. The Labute approximate surface area is 185 Å². The summed E-state index contributed by atoms with van der Waals surface area (Å²) in [4.78, 5) is 28.8. The lowest BCUT2D eigenvalue weighted by molar-refractivity contribution is -0.120. The lowest BCUT2D eigenvalue weighted by Crippen LogP contribution is -2.45. The van der Waals surface area contributed by atoms with Crippen LogP contribution < -0.4 is 10.2 Å². The Balaban J connectivity index is 1.24. The molecule has 0 unspecified atom stereocenters. The predicted octanol–water partition coefficient (Wildman–Crippen LogP) is 2.78. The highest BCUT2D eigenvalue weighted by molar-refractivity contribution is 5.92. The molecule has 0 aliphatic carbocycles. The van der Waals surface area contributed by atoms with Crippen LogP contribution in [0.4, 0.5) is 11.6 Å². The number of rotatable bonds is 6. The van der Waals surface area contributed by atoms with Gasteiger partial charge in [-0.3, -0.25) is 9.69 Å². The number of carbonyl (C=O) groups is 1. The zero-order valence-electron chi connectivity index (χ0n) is 18.8.